The van der Waals surface area contributed by atoms with E-state index in [1.807, 2.05) is 0 Å². The fourth-order valence-electron chi connectivity index (χ4n) is 1.47. The van der Waals surface area contributed by atoms with E-state index in [0.29, 0.717) is 11.4 Å². The number of rotatable bonds is 3. The van der Waals surface area contributed by atoms with Gasteiger partial charge in [-0.3, -0.25) is 4.68 Å². The molecule has 3 N–H and O–H groups in total. The van der Waals surface area contributed by atoms with Crippen molar-refractivity contribution < 1.29 is 13.2 Å². The molecule has 0 aliphatic rings. The summed E-state index contributed by atoms with van der Waals surface area (Å²) >= 11 is 0. The molecule has 2 rings (SSSR count). The van der Waals surface area contributed by atoms with Crippen LogP contribution in [0.1, 0.15) is 11.3 Å². The molecule has 2 aromatic heterocycles. The summed E-state index contributed by atoms with van der Waals surface area (Å²) in [5.74, 6) is 5.66. The van der Waals surface area contributed by atoms with E-state index < -0.39 is 11.9 Å². The highest BCUT2D eigenvalue weighted by Gasteiger charge is 2.33. The zero-order valence-corrected chi connectivity index (χ0v) is 9.15. The third kappa shape index (κ3) is 2.59. The van der Waals surface area contributed by atoms with Crippen LogP contribution in [0.5, 0.6) is 0 Å². The number of nitrogens with zero attached hydrogens (tertiary/aromatic N) is 3. The van der Waals surface area contributed by atoms with E-state index in [0.717, 1.165) is 6.07 Å². The molecule has 0 unspecified atom stereocenters. The van der Waals surface area contributed by atoms with Crippen molar-refractivity contribution in [1.29, 1.82) is 0 Å². The van der Waals surface area contributed by atoms with Gasteiger partial charge in [0.1, 0.15) is 5.82 Å². The molecule has 0 saturated carbocycles. The molecule has 0 amide bonds. The number of hydrazine groups is 1. The first kappa shape index (κ1) is 12.4. The summed E-state index contributed by atoms with van der Waals surface area (Å²) in [5, 5.41) is 3.45. The number of pyridine rings is 1. The Bertz CT molecular complexity index is 534. The summed E-state index contributed by atoms with van der Waals surface area (Å²) in [6.45, 7) is 0.156. The van der Waals surface area contributed by atoms with Crippen molar-refractivity contribution in [2.75, 3.05) is 5.43 Å². The van der Waals surface area contributed by atoms with Crippen molar-refractivity contribution >= 4 is 5.82 Å². The summed E-state index contributed by atoms with van der Waals surface area (Å²) in [7, 11) is 0. The minimum atomic E-state index is -4.44. The molecule has 2 aromatic rings. The molecule has 5 nitrogen and oxygen atoms in total. The van der Waals surface area contributed by atoms with Crippen LogP contribution in [0.4, 0.5) is 19.0 Å². The van der Waals surface area contributed by atoms with Gasteiger partial charge in [-0.2, -0.15) is 18.3 Å². The number of nitrogens with one attached hydrogen (secondary N) is 1. The first-order valence-electron chi connectivity index (χ1n) is 5.02. The fourth-order valence-corrected chi connectivity index (χ4v) is 1.47. The Morgan fingerprint density at radius 2 is 2.11 bits per heavy atom. The number of alkyl halides is 3. The van der Waals surface area contributed by atoms with Gasteiger partial charge in [-0.1, -0.05) is 6.07 Å². The van der Waals surface area contributed by atoms with Gasteiger partial charge in [0.2, 0.25) is 0 Å². The molecule has 2 heterocycles. The Balaban J connectivity index is 2.22. The van der Waals surface area contributed by atoms with E-state index >= 15 is 0 Å². The molecule has 0 bridgehead atoms. The molecule has 96 valence electrons. The quantitative estimate of drug-likeness (QED) is 0.647. The number of nitrogen functional groups attached to an aromatic ring is 1. The van der Waals surface area contributed by atoms with Crippen LogP contribution in [0.3, 0.4) is 0 Å². The molecule has 0 fully saturated rings. The Morgan fingerprint density at radius 1 is 1.33 bits per heavy atom. The second-order valence-corrected chi connectivity index (χ2v) is 3.55. The lowest BCUT2D eigenvalue weighted by molar-refractivity contribution is -0.141. The van der Waals surface area contributed by atoms with E-state index in [1.165, 1.54) is 17.1 Å². The van der Waals surface area contributed by atoms with Gasteiger partial charge in [0.15, 0.2) is 5.69 Å². The summed E-state index contributed by atoms with van der Waals surface area (Å²) in [5.41, 5.74) is 2.11. The van der Waals surface area contributed by atoms with Crippen molar-refractivity contribution in [3.63, 3.8) is 0 Å². The Kier molecular flexibility index (Phi) is 3.19. The van der Waals surface area contributed by atoms with E-state index in [2.05, 4.69) is 15.5 Å². The third-order valence-corrected chi connectivity index (χ3v) is 2.29. The fraction of sp³-hybridized carbons (Fsp3) is 0.200. The Labute approximate surface area is 100 Å². The SMILES string of the molecule is NNc1ncccc1Cn1ccc(C(F)(F)F)n1. The number of hydrogen-bond acceptors (Lipinski definition) is 4. The minimum absolute atomic E-state index is 0.156. The molecular weight excluding hydrogens is 247 g/mol. The molecule has 0 radical (unpaired) electrons. The smallest absolute Gasteiger partial charge is 0.308 e. The molecule has 0 aliphatic carbocycles. The number of hydrogen-bond donors (Lipinski definition) is 2. The lowest BCUT2D eigenvalue weighted by Gasteiger charge is -2.07. The van der Waals surface area contributed by atoms with E-state index in [4.69, 9.17) is 5.84 Å². The topological polar surface area (TPSA) is 68.8 Å². The zero-order valence-electron chi connectivity index (χ0n) is 9.15. The van der Waals surface area contributed by atoms with Crippen molar-refractivity contribution in [1.82, 2.24) is 14.8 Å². The number of halogens is 3. The predicted molar refractivity (Wildman–Crippen MR) is 58.4 cm³/mol. The minimum Gasteiger partial charge on any atom is -0.308 e. The number of nitrogens with two attached hydrogens (primary N) is 1. The molecule has 0 aromatic carbocycles. The molecule has 0 saturated heterocycles. The van der Waals surface area contributed by atoms with Crippen LogP contribution in [0.15, 0.2) is 30.6 Å². The van der Waals surface area contributed by atoms with Gasteiger partial charge >= 0.3 is 6.18 Å². The lowest BCUT2D eigenvalue weighted by atomic mass is 10.2. The lowest BCUT2D eigenvalue weighted by Crippen LogP contribution is -2.13. The maximum atomic E-state index is 12.4. The van der Waals surface area contributed by atoms with Crippen LogP contribution in [-0.2, 0) is 12.7 Å². The summed E-state index contributed by atoms with van der Waals surface area (Å²) < 4.78 is 38.3. The average molecular weight is 257 g/mol. The second-order valence-electron chi connectivity index (χ2n) is 3.55. The predicted octanol–water partition coefficient (Wildman–Crippen LogP) is 1.63. The first-order chi connectivity index (χ1) is 8.50. The largest absolute Gasteiger partial charge is 0.435 e. The van der Waals surface area contributed by atoms with Gasteiger partial charge in [-0.25, -0.2) is 10.8 Å². The van der Waals surface area contributed by atoms with Crippen LogP contribution in [0.25, 0.3) is 0 Å². The highest BCUT2D eigenvalue weighted by atomic mass is 19.4. The van der Waals surface area contributed by atoms with E-state index in [-0.39, 0.29) is 6.54 Å². The number of aromatic nitrogens is 3. The molecular formula is C10H10F3N5. The normalized spacial score (nSPS) is 11.6. The maximum Gasteiger partial charge on any atom is 0.435 e. The van der Waals surface area contributed by atoms with Gasteiger partial charge in [0, 0.05) is 18.0 Å². The van der Waals surface area contributed by atoms with Crippen molar-refractivity contribution in [3.8, 4) is 0 Å². The highest BCUT2D eigenvalue weighted by molar-refractivity contribution is 5.42. The Hall–Kier alpha value is -2.09. The van der Waals surface area contributed by atoms with Crippen molar-refractivity contribution in [2.45, 2.75) is 12.7 Å². The molecule has 8 heteroatoms. The van der Waals surface area contributed by atoms with Crippen LogP contribution in [-0.4, -0.2) is 14.8 Å². The Morgan fingerprint density at radius 3 is 2.72 bits per heavy atom. The molecule has 18 heavy (non-hydrogen) atoms. The maximum absolute atomic E-state index is 12.4. The van der Waals surface area contributed by atoms with E-state index in [1.54, 1.807) is 12.1 Å². The summed E-state index contributed by atoms with van der Waals surface area (Å²) in [4.78, 5) is 3.95. The van der Waals surface area contributed by atoms with Gasteiger partial charge in [0.25, 0.3) is 0 Å². The first-order valence-corrected chi connectivity index (χ1v) is 5.02. The van der Waals surface area contributed by atoms with Gasteiger partial charge in [-0.05, 0) is 12.1 Å². The third-order valence-electron chi connectivity index (χ3n) is 2.29. The number of anilines is 1. The van der Waals surface area contributed by atoms with Crippen LogP contribution in [0, 0.1) is 0 Å². The van der Waals surface area contributed by atoms with Crippen molar-refractivity contribution in [3.05, 3.63) is 41.9 Å². The second kappa shape index (κ2) is 4.65. The van der Waals surface area contributed by atoms with Crippen LogP contribution >= 0.6 is 0 Å². The summed E-state index contributed by atoms with van der Waals surface area (Å²) in [6.07, 6.45) is -1.64. The summed E-state index contributed by atoms with van der Waals surface area (Å²) in [6, 6.07) is 4.30. The van der Waals surface area contributed by atoms with Gasteiger partial charge in [0.05, 0.1) is 6.54 Å². The van der Waals surface area contributed by atoms with Gasteiger partial charge in [-0.15, -0.1) is 0 Å². The molecule has 0 spiro atoms. The monoisotopic (exact) mass is 257 g/mol. The molecule has 0 atom stereocenters. The van der Waals surface area contributed by atoms with Crippen LogP contribution in [0.2, 0.25) is 0 Å². The van der Waals surface area contributed by atoms with Crippen molar-refractivity contribution in [2.24, 2.45) is 5.84 Å². The average Bonchev–Trinajstić information content (AvgIpc) is 2.78. The highest BCUT2D eigenvalue weighted by Crippen LogP contribution is 2.27. The van der Waals surface area contributed by atoms with E-state index in [9.17, 15) is 13.2 Å². The zero-order chi connectivity index (χ0) is 13.2. The van der Waals surface area contributed by atoms with Crippen LogP contribution < -0.4 is 11.3 Å². The molecule has 0 aliphatic heterocycles. The standard InChI is InChI=1S/C10H10F3N5/c11-10(12,13)8-3-5-18(17-8)6-7-2-1-4-15-9(7)16-14/h1-5H,6,14H2,(H,15,16). The van der Waals surface area contributed by atoms with Gasteiger partial charge < -0.3 is 5.43 Å².